The van der Waals surface area contributed by atoms with E-state index in [1.54, 1.807) is 0 Å². The predicted molar refractivity (Wildman–Crippen MR) is 87.7 cm³/mol. The third-order valence-electron chi connectivity index (χ3n) is 3.53. The van der Waals surface area contributed by atoms with E-state index in [2.05, 4.69) is 65.1 Å². The molecule has 0 amide bonds. The van der Waals surface area contributed by atoms with Gasteiger partial charge >= 0.3 is 0 Å². The molecule has 0 fully saturated rings. The summed E-state index contributed by atoms with van der Waals surface area (Å²) in [5, 5.41) is 3.47. The fourth-order valence-corrected chi connectivity index (χ4v) is 2.45. The largest absolute Gasteiger partial charge is 0.489 e. The first kappa shape index (κ1) is 17.0. The molecule has 2 nitrogen and oxygen atoms in total. The zero-order valence-electron chi connectivity index (χ0n) is 14.0. The Labute approximate surface area is 124 Å². The molecule has 2 heteroatoms. The van der Waals surface area contributed by atoms with Crippen molar-refractivity contribution in [3.8, 4) is 5.75 Å². The highest BCUT2D eigenvalue weighted by Crippen LogP contribution is 2.24. The van der Waals surface area contributed by atoms with Gasteiger partial charge in [-0.25, -0.2) is 0 Å². The van der Waals surface area contributed by atoms with E-state index in [1.807, 2.05) is 0 Å². The van der Waals surface area contributed by atoms with Crippen LogP contribution in [0.3, 0.4) is 0 Å². The van der Waals surface area contributed by atoms with Crippen molar-refractivity contribution >= 4 is 0 Å². The molecule has 0 aliphatic carbocycles. The second-order valence-corrected chi connectivity index (χ2v) is 6.26. The van der Waals surface area contributed by atoms with Crippen LogP contribution in [0.1, 0.15) is 64.5 Å². The Balaban J connectivity index is 2.70. The van der Waals surface area contributed by atoms with Gasteiger partial charge in [0.25, 0.3) is 0 Å². The molecule has 0 bridgehead atoms. The summed E-state index contributed by atoms with van der Waals surface area (Å²) in [4.78, 5) is 0. The topological polar surface area (TPSA) is 21.3 Å². The Bertz CT molecular complexity index is 398. The van der Waals surface area contributed by atoms with Crippen LogP contribution < -0.4 is 10.1 Å². The van der Waals surface area contributed by atoms with E-state index in [0.717, 1.165) is 25.1 Å². The van der Waals surface area contributed by atoms with Gasteiger partial charge < -0.3 is 10.1 Å². The first-order valence-corrected chi connectivity index (χ1v) is 7.94. The Morgan fingerprint density at radius 2 is 1.85 bits per heavy atom. The molecular weight excluding hydrogens is 246 g/mol. The molecule has 0 aromatic heterocycles. The smallest absolute Gasteiger partial charge is 0.120 e. The minimum absolute atomic E-state index is 0.256. The van der Waals surface area contributed by atoms with Gasteiger partial charge in [-0.05, 0) is 42.5 Å². The molecule has 1 unspecified atom stereocenters. The highest BCUT2D eigenvalue weighted by Gasteiger charge is 2.11. The Morgan fingerprint density at radius 3 is 2.35 bits per heavy atom. The maximum Gasteiger partial charge on any atom is 0.120 e. The van der Waals surface area contributed by atoms with E-state index in [0.29, 0.717) is 12.0 Å². The molecule has 1 aromatic rings. The van der Waals surface area contributed by atoms with Crippen molar-refractivity contribution in [1.82, 2.24) is 5.32 Å². The minimum Gasteiger partial charge on any atom is -0.489 e. The summed E-state index contributed by atoms with van der Waals surface area (Å²) in [7, 11) is 0. The summed E-state index contributed by atoms with van der Waals surface area (Å²) >= 11 is 0. The molecule has 0 spiro atoms. The van der Waals surface area contributed by atoms with E-state index >= 15 is 0 Å². The quantitative estimate of drug-likeness (QED) is 0.746. The van der Waals surface area contributed by atoms with Gasteiger partial charge in [0.2, 0.25) is 0 Å². The van der Waals surface area contributed by atoms with E-state index in [1.165, 1.54) is 11.1 Å². The van der Waals surface area contributed by atoms with Crippen molar-refractivity contribution in [2.24, 2.45) is 0 Å². The van der Waals surface area contributed by atoms with Gasteiger partial charge in [-0.15, -0.1) is 0 Å². The summed E-state index contributed by atoms with van der Waals surface area (Å²) in [6, 6.07) is 6.99. The van der Waals surface area contributed by atoms with Gasteiger partial charge in [0.1, 0.15) is 11.9 Å². The van der Waals surface area contributed by atoms with Gasteiger partial charge in [-0.1, -0.05) is 47.1 Å². The predicted octanol–water partition coefficient (Wildman–Crippen LogP) is 4.66. The molecule has 0 aliphatic rings. The molecule has 20 heavy (non-hydrogen) atoms. The molecule has 0 aliphatic heterocycles. The van der Waals surface area contributed by atoms with E-state index in [9.17, 15) is 0 Å². The monoisotopic (exact) mass is 277 g/mol. The molecule has 0 saturated heterocycles. The van der Waals surface area contributed by atoms with Crippen molar-refractivity contribution in [3.63, 3.8) is 0 Å². The van der Waals surface area contributed by atoms with E-state index < -0.39 is 0 Å². The molecule has 0 radical (unpaired) electrons. The van der Waals surface area contributed by atoms with Gasteiger partial charge in [0.05, 0.1) is 0 Å². The van der Waals surface area contributed by atoms with Crippen LogP contribution >= 0.6 is 0 Å². The highest BCUT2D eigenvalue weighted by atomic mass is 16.5. The van der Waals surface area contributed by atoms with Crippen molar-refractivity contribution < 1.29 is 4.74 Å². The Kier molecular flexibility index (Phi) is 7.08. The lowest BCUT2D eigenvalue weighted by molar-refractivity contribution is 0.183. The zero-order chi connectivity index (χ0) is 15.1. The number of aryl methyl sites for hydroxylation is 1. The number of ether oxygens (including phenoxy) is 1. The number of benzene rings is 1. The van der Waals surface area contributed by atoms with Crippen LogP contribution in [0.5, 0.6) is 5.75 Å². The van der Waals surface area contributed by atoms with Crippen LogP contribution in [-0.4, -0.2) is 18.7 Å². The second kappa shape index (κ2) is 8.31. The maximum absolute atomic E-state index is 6.16. The molecule has 1 aromatic carbocycles. The van der Waals surface area contributed by atoms with Crippen molar-refractivity contribution in [3.05, 3.63) is 29.3 Å². The van der Waals surface area contributed by atoms with Crippen molar-refractivity contribution in [1.29, 1.82) is 0 Å². The summed E-state index contributed by atoms with van der Waals surface area (Å²) in [5.41, 5.74) is 2.73. The molecule has 114 valence electrons. The Hall–Kier alpha value is -1.02. The van der Waals surface area contributed by atoms with Gasteiger partial charge in [-0.2, -0.15) is 0 Å². The molecule has 0 saturated carbocycles. The van der Waals surface area contributed by atoms with Gasteiger partial charge in [-0.3, -0.25) is 0 Å². The lowest BCUT2D eigenvalue weighted by atomic mass is 9.98. The van der Waals surface area contributed by atoms with Crippen LogP contribution in [0, 0.1) is 6.92 Å². The molecule has 0 heterocycles. The third kappa shape index (κ3) is 5.54. The second-order valence-electron chi connectivity index (χ2n) is 6.26. The number of hydrogen-bond acceptors (Lipinski definition) is 2. The number of nitrogens with one attached hydrogen (secondary N) is 1. The minimum atomic E-state index is 0.256. The highest BCUT2D eigenvalue weighted by molar-refractivity contribution is 5.36. The SMILES string of the molecule is CCCC(CNC(C)C)Oc1ccc(C(C)C)c(C)c1. The van der Waals surface area contributed by atoms with Crippen LogP contribution in [0.2, 0.25) is 0 Å². The fraction of sp³-hybridized carbons (Fsp3) is 0.667. The summed E-state index contributed by atoms with van der Waals surface area (Å²) in [6.07, 6.45) is 2.49. The first-order valence-electron chi connectivity index (χ1n) is 7.94. The standard InChI is InChI=1S/C18H31NO/c1-7-8-17(12-19-14(4)5)20-16-9-10-18(13(2)3)15(6)11-16/h9-11,13-14,17,19H,7-8,12H2,1-6H3. The Morgan fingerprint density at radius 1 is 1.15 bits per heavy atom. The van der Waals surface area contributed by atoms with Crippen LogP contribution in [0.4, 0.5) is 0 Å². The van der Waals surface area contributed by atoms with Crippen LogP contribution in [0.15, 0.2) is 18.2 Å². The lowest BCUT2D eigenvalue weighted by Crippen LogP contribution is -2.35. The molecule has 1 atom stereocenters. The van der Waals surface area contributed by atoms with Gasteiger partial charge in [0, 0.05) is 12.6 Å². The third-order valence-corrected chi connectivity index (χ3v) is 3.53. The first-order chi connectivity index (χ1) is 9.43. The lowest BCUT2D eigenvalue weighted by Gasteiger charge is -2.21. The molecule has 1 rings (SSSR count). The number of hydrogen-bond donors (Lipinski definition) is 1. The normalized spacial score (nSPS) is 13.0. The van der Waals surface area contributed by atoms with Crippen LogP contribution in [0.25, 0.3) is 0 Å². The summed E-state index contributed by atoms with van der Waals surface area (Å²) < 4.78 is 6.16. The van der Waals surface area contributed by atoms with Crippen molar-refractivity contribution in [2.75, 3.05) is 6.54 Å². The fourth-order valence-electron chi connectivity index (χ4n) is 2.45. The van der Waals surface area contributed by atoms with E-state index in [4.69, 9.17) is 4.74 Å². The van der Waals surface area contributed by atoms with Gasteiger partial charge in [0.15, 0.2) is 0 Å². The van der Waals surface area contributed by atoms with E-state index in [-0.39, 0.29) is 6.10 Å². The average Bonchev–Trinajstić information content (AvgIpc) is 2.35. The molecular formula is C18H31NO. The maximum atomic E-state index is 6.16. The van der Waals surface area contributed by atoms with Crippen LogP contribution in [-0.2, 0) is 0 Å². The zero-order valence-corrected chi connectivity index (χ0v) is 14.0. The van der Waals surface area contributed by atoms with Crippen molar-refractivity contribution in [2.45, 2.75) is 72.4 Å². The summed E-state index contributed by atoms with van der Waals surface area (Å²) in [6.45, 7) is 14.1. The number of rotatable bonds is 8. The molecule has 1 N–H and O–H groups in total. The average molecular weight is 277 g/mol. The summed E-state index contributed by atoms with van der Waals surface area (Å²) in [5.74, 6) is 1.56.